The molecule has 3 aromatic carbocycles. The van der Waals surface area contributed by atoms with E-state index in [9.17, 15) is 30.1 Å². The van der Waals surface area contributed by atoms with Gasteiger partial charge in [0.05, 0.1) is 32.8 Å². The predicted octanol–water partition coefficient (Wildman–Crippen LogP) is 4.19. The Labute approximate surface area is 191 Å². The topological polar surface area (TPSA) is 161 Å². The second kappa shape index (κ2) is 9.12. The van der Waals surface area contributed by atoms with Crippen LogP contribution in [0.2, 0.25) is 0 Å². The van der Waals surface area contributed by atoms with Crippen LogP contribution in [0.3, 0.4) is 0 Å². The van der Waals surface area contributed by atoms with Crippen molar-refractivity contribution in [2.75, 3.05) is 0 Å². The highest BCUT2D eigenvalue weighted by molar-refractivity contribution is 6.07. The maximum Gasteiger partial charge on any atom is 0.318 e. The van der Waals surface area contributed by atoms with E-state index in [1.807, 2.05) is 30.3 Å². The van der Waals surface area contributed by atoms with E-state index in [4.69, 9.17) is 0 Å². The van der Waals surface area contributed by atoms with Crippen LogP contribution in [0.15, 0.2) is 77.9 Å². The molecule has 0 bridgehead atoms. The van der Waals surface area contributed by atoms with Crippen LogP contribution in [0, 0.1) is 20.2 Å². The number of amides is 1. The minimum Gasteiger partial charge on any atom is -0.497 e. The van der Waals surface area contributed by atoms with E-state index in [0.29, 0.717) is 22.2 Å². The number of nitrogens with one attached hydrogen (secondary N) is 1. The Bertz CT molecular complexity index is 1430. The Morgan fingerprint density at radius 2 is 1.56 bits per heavy atom. The van der Waals surface area contributed by atoms with Crippen LogP contribution < -0.4 is 5.43 Å². The molecule has 0 unspecified atom stereocenters. The summed E-state index contributed by atoms with van der Waals surface area (Å²) in [6.07, 6.45) is 1.01. The number of aromatic nitrogens is 1. The highest BCUT2D eigenvalue weighted by Gasteiger charge is 2.26. The molecule has 0 radical (unpaired) electrons. The van der Waals surface area contributed by atoms with Crippen LogP contribution in [0.1, 0.15) is 15.9 Å². The van der Waals surface area contributed by atoms with Crippen molar-refractivity contribution in [1.29, 1.82) is 0 Å². The van der Waals surface area contributed by atoms with Gasteiger partial charge in [0.2, 0.25) is 0 Å². The number of nitrogens with zero attached hydrogens (tertiary/aromatic N) is 4. The number of nitro benzene ring substituents is 2. The zero-order valence-electron chi connectivity index (χ0n) is 17.3. The number of nitro groups is 2. The molecule has 0 spiro atoms. The lowest BCUT2D eigenvalue weighted by molar-refractivity contribution is -0.396. The normalized spacial score (nSPS) is 10.9. The number of phenolic OH excluding ortho intramolecular Hbond substituents is 1. The SMILES string of the molecule is O=C(N/N=C\c1cc([N+](=O)[O-])c(O)c([N+](=O)[O-])c1)c1cc(-c2ccccc2)nc2ccccc12. The average molecular weight is 457 g/mol. The van der Waals surface area contributed by atoms with Gasteiger partial charge in [0.15, 0.2) is 0 Å². The highest BCUT2D eigenvalue weighted by Crippen LogP contribution is 2.36. The van der Waals surface area contributed by atoms with Crippen molar-refractivity contribution in [3.63, 3.8) is 0 Å². The first-order valence-electron chi connectivity index (χ1n) is 9.79. The Balaban J connectivity index is 1.67. The molecule has 0 aliphatic carbocycles. The lowest BCUT2D eigenvalue weighted by Gasteiger charge is -2.09. The van der Waals surface area contributed by atoms with Crippen molar-refractivity contribution < 1.29 is 19.7 Å². The molecular weight excluding hydrogens is 442 g/mol. The molecule has 0 aliphatic heterocycles. The smallest absolute Gasteiger partial charge is 0.318 e. The summed E-state index contributed by atoms with van der Waals surface area (Å²) < 4.78 is 0. The highest BCUT2D eigenvalue weighted by atomic mass is 16.6. The third-order valence-corrected chi connectivity index (χ3v) is 4.90. The van der Waals surface area contributed by atoms with Gasteiger partial charge in [-0.05, 0) is 12.1 Å². The second-order valence-corrected chi connectivity index (χ2v) is 7.06. The quantitative estimate of drug-likeness (QED) is 0.249. The molecule has 0 aliphatic rings. The number of para-hydroxylation sites is 1. The molecule has 1 heterocycles. The van der Waals surface area contributed by atoms with Crippen molar-refractivity contribution in [3.8, 4) is 17.0 Å². The maximum absolute atomic E-state index is 12.9. The molecule has 34 heavy (non-hydrogen) atoms. The standard InChI is InChI=1S/C23H15N5O6/c29-22-20(27(31)32)10-14(11-21(22)28(33)34)13-24-26-23(30)17-12-19(15-6-2-1-3-7-15)25-18-9-5-4-8-16(17)18/h1-13,29H,(H,26,30)/b24-13-. The number of hydrazone groups is 1. The summed E-state index contributed by atoms with van der Waals surface area (Å²) in [6, 6.07) is 19.8. The molecule has 0 saturated carbocycles. The van der Waals surface area contributed by atoms with Gasteiger partial charge >= 0.3 is 11.4 Å². The van der Waals surface area contributed by atoms with Crippen molar-refractivity contribution in [3.05, 3.63) is 104 Å². The van der Waals surface area contributed by atoms with Gasteiger partial charge in [-0.3, -0.25) is 25.0 Å². The molecule has 0 saturated heterocycles. The molecule has 1 amide bonds. The van der Waals surface area contributed by atoms with E-state index >= 15 is 0 Å². The number of hydrogen-bond donors (Lipinski definition) is 2. The molecule has 4 aromatic rings. The van der Waals surface area contributed by atoms with E-state index in [1.165, 1.54) is 0 Å². The Morgan fingerprint density at radius 1 is 0.941 bits per heavy atom. The van der Waals surface area contributed by atoms with Crippen molar-refractivity contribution in [1.82, 2.24) is 10.4 Å². The van der Waals surface area contributed by atoms with E-state index < -0.39 is 32.9 Å². The molecule has 168 valence electrons. The van der Waals surface area contributed by atoms with Gasteiger partial charge in [-0.25, -0.2) is 10.4 Å². The molecule has 11 nitrogen and oxygen atoms in total. The first-order valence-corrected chi connectivity index (χ1v) is 9.79. The van der Waals surface area contributed by atoms with Crippen LogP contribution in [0.4, 0.5) is 11.4 Å². The van der Waals surface area contributed by atoms with Crippen molar-refractivity contribution in [2.45, 2.75) is 0 Å². The predicted molar refractivity (Wildman–Crippen MR) is 124 cm³/mol. The number of phenols is 1. The molecule has 11 heteroatoms. The summed E-state index contributed by atoms with van der Waals surface area (Å²) in [6.45, 7) is 0. The molecule has 1 aromatic heterocycles. The number of benzene rings is 3. The molecule has 0 fully saturated rings. The third-order valence-electron chi connectivity index (χ3n) is 4.90. The number of pyridine rings is 1. The van der Waals surface area contributed by atoms with Gasteiger partial charge in [0, 0.05) is 28.6 Å². The summed E-state index contributed by atoms with van der Waals surface area (Å²) >= 11 is 0. The van der Waals surface area contributed by atoms with Crippen LogP contribution in [-0.4, -0.2) is 32.1 Å². The van der Waals surface area contributed by atoms with Gasteiger partial charge in [0.25, 0.3) is 11.7 Å². The van der Waals surface area contributed by atoms with Crippen LogP contribution in [0.5, 0.6) is 5.75 Å². The zero-order valence-corrected chi connectivity index (χ0v) is 17.3. The van der Waals surface area contributed by atoms with Gasteiger partial charge in [-0.2, -0.15) is 5.10 Å². The number of carbonyl (C=O) groups is 1. The second-order valence-electron chi connectivity index (χ2n) is 7.06. The van der Waals surface area contributed by atoms with Gasteiger partial charge in [-0.15, -0.1) is 0 Å². The van der Waals surface area contributed by atoms with E-state index in [2.05, 4.69) is 15.5 Å². The summed E-state index contributed by atoms with van der Waals surface area (Å²) in [5, 5.41) is 36.3. The number of fused-ring (bicyclic) bond motifs is 1. The van der Waals surface area contributed by atoms with Crippen molar-refractivity contribution in [2.24, 2.45) is 5.10 Å². The minimum absolute atomic E-state index is 0.0546. The number of aromatic hydroxyl groups is 1. The monoisotopic (exact) mass is 457 g/mol. The molecule has 2 N–H and O–H groups in total. The van der Waals surface area contributed by atoms with Gasteiger partial charge < -0.3 is 5.11 Å². The largest absolute Gasteiger partial charge is 0.497 e. The first kappa shape index (κ1) is 22.0. The maximum atomic E-state index is 12.9. The van der Waals surface area contributed by atoms with E-state index in [-0.39, 0.29) is 5.56 Å². The summed E-state index contributed by atoms with van der Waals surface area (Å²) in [4.78, 5) is 37.8. The Kier molecular flexibility index (Phi) is 5.91. The lowest BCUT2D eigenvalue weighted by Crippen LogP contribution is -2.18. The molecule has 4 rings (SSSR count). The summed E-state index contributed by atoms with van der Waals surface area (Å²) in [7, 11) is 0. The molecule has 0 atom stereocenters. The fourth-order valence-electron chi connectivity index (χ4n) is 3.32. The Hall–Kier alpha value is -5.19. The Morgan fingerprint density at radius 3 is 2.21 bits per heavy atom. The average Bonchev–Trinajstić information content (AvgIpc) is 2.84. The number of carbonyl (C=O) groups excluding carboxylic acids is 1. The fourth-order valence-corrected chi connectivity index (χ4v) is 3.32. The number of rotatable bonds is 6. The minimum atomic E-state index is -1.06. The third kappa shape index (κ3) is 4.39. The summed E-state index contributed by atoms with van der Waals surface area (Å²) in [5.74, 6) is -1.64. The number of hydrogen-bond acceptors (Lipinski definition) is 8. The van der Waals surface area contributed by atoms with Crippen LogP contribution in [-0.2, 0) is 0 Å². The van der Waals surface area contributed by atoms with Gasteiger partial charge in [0.1, 0.15) is 0 Å². The zero-order chi connectivity index (χ0) is 24.2. The lowest BCUT2D eigenvalue weighted by atomic mass is 10.0. The van der Waals surface area contributed by atoms with E-state index in [0.717, 1.165) is 23.9 Å². The summed E-state index contributed by atoms with van der Waals surface area (Å²) in [5.41, 5.74) is 2.86. The van der Waals surface area contributed by atoms with E-state index in [1.54, 1.807) is 30.3 Å². The van der Waals surface area contributed by atoms with Crippen molar-refractivity contribution >= 4 is 34.4 Å². The molecular formula is C23H15N5O6. The van der Waals surface area contributed by atoms with Crippen LogP contribution >= 0.6 is 0 Å². The fraction of sp³-hybridized carbons (Fsp3) is 0. The first-order chi connectivity index (χ1) is 16.3. The van der Waals surface area contributed by atoms with Crippen LogP contribution in [0.25, 0.3) is 22.2 Å². The van der Waals surface area contributed by atoms with Gasteiger partial charge in [-0.1, -0.05) is 48.5 Å².